The maximum atomic E-state index is 11.5. The summed E-state index contributed by atoms with van der Waals surface area (Å²) >= 11 is 0. The van der Waals surface area contributed by atoms with Crippen LogP contribution in [0.1, 0.15) is 27.2 Å². The first-order chi connectivity index (χ1) is 5.88. The molecule has 0 bridgehead atoms. The van der Waals surface area contributed by atoms with Crippen LogP contribution in [0, 0.1) is 5.92 Å². The molecule has 0 heterocycles. The maximum absolute atomic E-state index is 11.5. The summed E-state index contributed by atoms with van der Waals surface area (Å²) in [7, 11) is 4.01. The van der Waals surface area contributed by atoms with Gasteiger partial charge in [0.15, 0.2) is 0 Å². The van der Waals surface area contributed by atoms with E-state index in [2.05, 4.69) is 11.8 Å². The van der Waals surface area contributed by atoms with Crippen LogP contribution in [0.4, 0.5) is 0 Å². The first-order valence-electron chi connectivity index (χ1n) is 4.76. The number of nitrogens with zero attached hydrogens (tertiary/aromatic N) is 1. The van der Waals surface area contributed by atoms with Crippen LogP contribution < -0.4 is 0 Å². The Morgan fingerprint density at radius 2 is 2.08 bits per heavy atom. The van der Waals surface area contributed by atoms with Crippen molar-refractivity contribution in [3.05, 3.63) is 0 Å². The summed E-state index contributed by atoms with van der Waals surface area (Å²) < 4.78 is 5.15. The molecule has 2 unspecified atom stereocenters. The Labute approximate surface area is 80.1 Å². The lowest BCUT2D eigenvalue weighted by Gasteiger charge is -2.20. The van der Waals surface area contributed by atoms with Gasteiger partial charge in [-0.25, -0.2) is 0 Å². The number of carbonyl (C=O) groups excluding carboxylic acids is 1. The lowest BCUT2D eigenvalue weighted by molar-refractivity contribution is -0.150. The van der Waals surface area contributed by atoms with E-state index in [1.165, 1.54) is 0 Å². The van der Waals surface area contributed by atoms with Crippen molar-refractivity contribution in [2.75, 3.05) is 14.1 Å². The largest absolute Gasteiger partial charge is 0.463 e. The Morgan fingerprint density at radius 3 is 2.38 bits per heavy atom. The second-order valence-corrected chi connectivity index (χ2v) is 4.49. The van der Waals surface area contributed by atoms with E-state index in [1.54, 1.807) is 0 Å². The van der Waals surface area contributed by atoms with E-state index in [1.807, 2.05) is 27.9 Å². The first kappa shape index (κ1) is 10.5. The Morgan fingerprint density at radius 1 is 1.54 bits per heavy atom. The molecule has 0 amide bonds. The van der Waals surface area contributed by atoms with Crippen molar-refractivity contribution in [3.63, 3.8) is 0 Å². The fourth-order valence-electron chi connectivity index (χ4n) is 1.50. The van der Waals surface area contributed by atoms with Crippen LogP contribution in [0.15, 0.2) is 0 Å². The van der Waals surface area contributed by atoms with Gasteiger partial charge in [-0.1, -0.05) is 0 Å². The summed E-state index contributed by atoms with van der Waals surface area (Å²) in [5.74, 6) is 0.0242. The van der Waals surface area contributed by atoms with Gasteiger partial charge in [-0.3, -0.25) is 4.79 Å². The van der Waals surface area contributed by atoms with Crippen molar-refractivity contribution >= 4 is 5.97 Å². The summed E-state index contributed by atoms with van der Waals surface area (Å²) in [5, 5.41) is 0. The molecule has 0 N–H and O–H groups in total. The molecule has 0 saturated heterocycles. The van der Waals surface area contributed by atoms with Crippen molar-refractivity contribution in [2.24, 2.45) is 5.92 Å². The van der Waals surface area contributed by atoms with Gasteiger partial charge >= 0.3 is 5.97 Å². The predicted molar refractivity (Wildman–Crippen MR) is 51.4 cm³/mol. The first-order valence-corrected chi connectivity index (χ1v) is 4.76. The van der Waals surface area contributed by atoms with Crippen LogP contribution in [0.5, 0.6) is 0 Å². The fraction of sp³-hybridized carbons (Fsp3) is 0.900. The molecule has 2 atom stereocenters. The number of carbonyl (C=O) groups is 1. The molecule has 1 aliphatic carbocycles. The minimum absolute atomic E-state index is 0.000452. The second-order valence-electron chi connectivity index (χ2n) is 4.49. The highest BCUT2D eigenvalue weighted by atomic mass is 16.5. The van der Waals surface area contributed by atoms with Gasteiger partial charge < -0.3 is 9.64 Å². The normalized spacial score (nSPS) is 32.4. The smallest absolute Gasteiger partial charge is 0.311 e. The zero-order valence-corrected chi connectivity index (χ0v) is 9.13. The molecule has 0 aromatic rings. The minimum atomic E-state index is -0.0498. The number of ether oxygens (including phenoxy) is 1. The quantitative estimate of drug-likeness (QED) is 0.620. The topological polar surface area (TPSA) is 29.5 Å². The van der Waals surface area contributed by atoms with Crippen molar-refractivity contribution in [2.45, 2.75) is 38.8 Å². The van der Waals surface area contributed by atoms with Crippen LogP contribution in [-0.4, -0.2) is 36.6 Å². The summed E-state index contributed by atoms with van der Waals surface area (Å²) in [6, 6.07) is 0. The van der Waals surface area contributed by atoms with Gasteiger partial charge in [0.05, 0.1) is 12.0 Å². The minimum Gasteiger partial charge on any atom is -0.463 e. The van der Waals surface area contributed by atoms with Gasteiger partial charge in [-0.15, -0.1) is 0 Å². The molecule has 0 aliphatic heterocycles. The molecular formula is C10H19NO2. The highest BCUT2D eigenvalue weighted by Gasteiger charge is 2.57. The van der Waals surface area contributed by atoms with Crippen LogP contribution in [0.3, 0.4) is 0 Å². The third-order valence-corrected chi connectivity index (χ3v) is 2.87. The Kier molecular flexibility index (Phi) is 2.66. The molecule has 0 radical (unpaired) electrons. The summed E-state index contributed by atoms with van der Waals surface area (Å²) in [6.07, 6.45) is 0.922. The predicted octanol–water partition coefficient (Wildman–Crippen LogP) is 1.28. The highest BCUT2D eigenvalue weighted by molar-refractivity contribution is 5.78. The van der Waals surface area contributed by atoms with E-state index >= 15 is 0 Å². The molecule has 13 heavy (non-hydrogen) atoms. The van der Waals surface area contributed by atoms with Gasteiger partial charge in [0.2, 0.25) is 0 Å². The van der Waals surface area contributed by atoms with E-state index in [0.29, 0.717) is 0 Å². The molecule has 0 aromatic carbocycles. The van der Waals surface area contributed by atoms with E-state index in [9.17, 15) is 4.79 Å². The van der Waals surface area contributed by atoms with Crippen molar-refractivity contribution in [3.8, 4) is 0 Å². The van der Waals surface area contributed by atoms with Crippen molar-refractivity contribution in [1.29, 1.82) is 0 Å². The second kappa shape index (κ2) is 3.29. The van der Waals surface area contributed by atoms with Gasteiger partial charge in [0.1, 0.15) is 0 Å². The molecule has 76 valence electrons. The number of esters is 1. The number of rotatable bonds is 3. The number of hydrogen-bond acceptors (Lipinski definition) is 3. The standard InChI is InChI=1S/C10H19NO2/c1-7(2)13-9(12)8-6-10(8,3)11(4)5/h7-8H,6H2,1-5H3. The zero-order chi connectivity index (χ0) is 10.2. The average Bonchev–Trinajstić information content (AvgIpc) is 2.62. The fourth-order valence-corrected chi connectivity index (χ4v) is 1.50. The molecule has 0 aromatic heterocycles. The van der Waals surface area contributed by atoms with Crippen molar-refractivity contribution < 1.29 is 9.53 Å². The molecule has 1 fully saturated rings. The van der Waals surface area contributed by atoms with Gasteiger partial charge in [-0.05, 0) is 41.3 Å². The lowest BCUT2D eigenvalue weighted by atomic mass is 10.2. The molecule has 1 rings (SSSR count). The maximum Gasteiger partial charge on any atom is 0.311 e. The zero-order valence-electron chi connectivity index (χ0n) is 9.13. The Balaban J connectivity index is 2.46. The Bertz CT molecular complexity index is 213. The van der Waals surface area contributed by atoms with Gasteiger partial charge in [0, 0.05) is 5.54 Å². The SMILES string of the molecule is CC(C)OC(=O)C1CC1(C)N(C)C. The van der Waals surface area contributed by atoms with Crippen molar-refractivity contribution in [1.82, 2.24) is 4.90 Å². The lowest BCUT2D eigenvalue weighted by Crippen LogP contribution is -2.31. The van der Waals surface area contributed by atoms with Crippen LogP contribution in [0.2, 0.25) is 0 Å². The average molecular weight is 185 g/mol. The van der Waals surface area contributed by atoms with Crippen LogP contribution >= 0.6 is 0 Å². The van der Waals surface area contributed by atoms with E-state index in [4.69, 9.17) is 4.74 Å². The van der Waals surface area contributed by atoms with E-state index in [-0.39, 0.29) is 23.5 Å². The molecule has 1 saturated carbocycles. The third kappa shape index (κ3) is 2.02. The Hall–Kier alpha value is -0.570. The third-order valence-electron chi connectivity index (χ3n) is 2.87. The molecule has 0 spiro atoms. The molecular weight excluding hydrogens is 166 g/mol. The van der Waals surface area contributed by atoms with E-state index < -0.39 is 0 Å². The molecule has 1 aliphatic rings. The van der Waals surface area contributed by atoms with Gasteiger partial charge in [-0.2, -0.15) is 0 Å². The molecule has 3 nitrogen and oxygen atoms in total. The van der Waals surface area contributed by atoms with Gasteiger partial charge in [0.25, 0.3) is 0 Å². The monoisotopic (exact) mass is 185 g/mol. The molecule has 3 heteroatoms. The summed E-state index contributed by atoms with van der Waals surface area (Å²) in [5.41, 5.74) is 0.0337. The number of hydrogen-bond donors (Lipinski definition) is 0. The highest BCUT2D eigenvalue weighted by Crippen LogP contribution is 2.47. The van der Waals surface area contributed by atoms with Crippen LogP contribution in [0.25, 0.3) is 0 Å². The summed E-state index contributed by atoms with van der Waals surface area (Å²) in [4.78, 5) is 13.6. The van der Waals surface area contributed by atoms with E-state index in [0.717, 1.165) is 6.42 Å². The van der Waals surface area contributed by atoms with Crippen LogP contribution in [-0.2, 0) is 9.53 Å². The summed E-state index contributed by atoms with van der Waals surface area (Å²) in [6.45, 7) is 5.86.